The molecule has 0 saturated carbocycles. The van der Waals surface area contributed by atoms with Gasteiger partial charge in [0.2, 0.25) is 0 Å². The minimum absolute atomic E-state index is 0.567. The van der Waals surface area contributed by atoms with Crippen molar-refractivity contribution in [1.82, 2.24) is 9.55 Å². The average molecular weight is 272 g/mol. The summed E-state index contributed by atoms with van der Waals surface area (Å²) in [6.07, 6.45) is 0. The fourth-order valence-corrected chi connectivity index (χ4v) is 2.50. The van der Waals surface area contributed by atoms with E-state index in [0.717, 1.165) is 29.0 Å². The third kappa shape index (κ3) is 2.11. The zero-order chi connectivity index (χ0) is 13.2. The molecule has 0 radical (unpaired) electrons. The molecule has 0 unspecified atom stereocenters. The van der Waals surface area contributed by atoms with E-state index in [4.69, 9.17) is 17.3 Å². The zero-order valence-electron chi connectivity index (χ0n) is 10.4. The van der Waals surface area contributed by atoms with Crippen LogP contribution in [0.5, 0.6) is 0 Å². The molecule has 96 valence electrons. The smallest absolute Gasteiger partial charge is 0.142 e. The quantitative estimate of drug-likeness (QED) is 0.794. The minimum atomic E-state index is 0.567. The molecular formula is C15H14ClN3. The van der Waals surface area contributed by atoms with Crippen LogP contribution in [0.3, 0.4) is 0 Å². The molecule has 2 aromatic carbocycles. The monoisotopic (exact) mass is 271 g/mol. The molecule has 0 aliphatic carbocycles. The van der Waals surface area contributed by atoms with Crippen molar-refractivity contribution in [3.05, 3.63) is 53.6 Å². The van der Waals surface area contributed by atoms with Gasteiger partial charge in [0, 0.05) is 18.7 Å². The molecule has 4 heteroatoms. The van der Waals surface area contributed by atoms with Gasteiger partial charge in [-0.2, -0.15) is 0 Å². The highest BCUT2D eigenvalue weighted by molar-refractivity contribution is 6.33. The van der Waals surface area contributed by atoms with Crippen LogP contribution in [0.1, 0.15) is 0 Å². The summed E-state index contributed by atoms with van der Waals surface area (Å²) >= 11 is 6.27. The van der Waals surface area contributed by atoms with E-state index in [1.54, 1.807) is 0 Å². The Bertz CT molecular complexity index is 718. The van der Waals surface area contributed by atoms with Crippen LogP contribution in [-0.4, -0.2) is 16.1 Å². The number of nitrogens with zero attached hydrogens (tertiary/aromatic N) is 2. The first-order valence-corrected chi connectivity index (χ1v) is 6.59. The van der Waals surface area contributed by atoms with Gasteiger partial charge in [-0.05, 0) is 24.3 Å². The predicted octanol–water partition coefficient (Wildman–Crippen LogP) is 3.32. The third-order valence-corrected chi connectivity index (χ3v) is 3.45. The molecule has 0 fully saturated rings. The van der Waals surface area contributed by atoms with Crippen LogP contribution in [0.2, 0.25) is 5.02 Å². The molecule has 0 amide bonds. The maximum atomic E-state index is 6.27. The van der Waals surface area contributed by atoms with Crippen LogP contribution in [0.15, 0.2) is 48.5 Å². The Kier molecular flexibility index (Phi) is 3.23. The molecule has 0 bridgehead atoms. The summed E-state index contributed by atoms with van der Waals surface area (Å²) in [6, 6.07) is 15.8. The second-order valence-corrected chi connectivity index (χ2v) is 4.75. The van der Waals surface area contributed by atoms with Gasteiger partial charge in [0.25, 0.3) is 0 Å². The molecule has 0 aliphatic heterocycles. The van der Waals surface area contributed by atoms with Gasteiger partial charge >= 0.3 is 0 Å². The third-order valence-electron chi connectivity index (χ3n) is 3.12. The van der Waals surface area contributed by atoms with E-state index >= 15 is 0 Å². The second kappa shape index (κ2) is 5.03. The SMILES string of the molecule is NCCn1c(-c2ccccc2Cl)nc2ccccc21. The fourth-order valence-electron chi connectivity index (χ4n) is 2.28. The predicted molar refractivity (Wildman–Crippen MR) is 79.2 cm³/mol. The molecular weight excluding hydrogens is 258 g/mol. The molecule has 2 N–H and O–H groups in total. The Morgan fingerprint density at radius 1 is 1.05 bits per heavy atom. The lowest BCUT2D eigenvalue weighted by molar-refractivity contribution is 0.735. The van der Waals surface area contributed by atoms with Gasteiger partial charge in [-0.15, -0.1) is 0 Å². The van der Waals surface area contributed by atoms with Crippen LogP contribution in [0.4, 0.5) is 0 Å². The highest BCUT2D eigenvalue weighted by atomic mass is 35.5. The van der Waals surface area contributed by atoms with E-state index in [1.165, 1.54) is 0 Å². The van der Waals surface area contributed by atoms with Gasteiger partial charge in [0.1, 0.15) is 5.82 Å². The number of nitrogens with two attached hydrogens (primary N) is 1. The topological polar surface area (TPSA) is 43.8 Å². The average Bonchev–Trinajstić information content (AvgIpc) is 2.79. The number of benzene rings is 2. The van der Waals surface area contributed by atoms with Crippen LogP contribution in [0.25, 0.3) is 22.4 Å². The van der Waals surface area contributed by atoms with Crippen LogP contribution < -0.4 is 5.73 Å². The lowest BCUT2D eigenvalue weighted by Gasteiger charge is -2.08. The molecule has 0 saturated heterocycles. The molecule has 1 heterocycles. The van der Waals surface area contributed by atoms with Crippen LogP contribution >= 0.6 is 11.6 Å². The Balaban J connectivity index is 2.28. The fraction of sp³-hybridized carbons (Fsp3) is 0.133. The summed E-state index contributed by atoms with van der Waals surface area (Å²) in [4.78, 5) is 4.69. The number of hydrogen-bond donors (Lipinski definition) is 1. The van der Waals surface area contributed by atoms with Crippen molar-refractivity contribution in [2.75, 3.05) is 6.54 Å². The minimum Gasteiger partial charge on any atom is -0.329 e. The van der Waals surface area contributed by atoms with Gasteiger partial charge in [-0.25, -0.2) is 4.98 Å². The van der Waals surface area contributed by atoms with Gasteiger partial charge in [0.05, 0.1) is 16.1 Å². The lowest BCUT2D eigenvalue weighted by atomic mass is 10.2. The lowest BCUT2D eigenvalue weighted by Crippen LogP contribution is -2.11. The van der Waals surface area contributed by atoms with E-state index in [1.807, 2.05) is 42.5 Å². The molecule has 0 atom stereocenters. The number of imidazole rings is 1. The van der Waals surface area contributed by atoms with Crippen molar-refractivity contribution in [2.24, 2.45) is 5.73 Å². The maximum absolute atomic E-state index is 6.27. The van der Waals surface area contributed by atoms with E-state index in [-0.39, 0.29) is 0 Å². The number of hydrogen-bond acceptors (Lipinski definition) is 2. The van der Waals surface area contributed by atoms with Crippen molar-refractivity contribution >= 4 is 22.6 Å². The van der Waals surface area contributed by atoms with Gasteiger partial charge in [-0.1, -0.05) is 35.9 Å². The van der Waals surface area contributed by atoms with Crippen molar-refractivity contribution in [3.63, 3.8) is 0 Å². The van der Waals surface area contributed by atoms with Crippen LogP contribution in [0, 0.1) is 0 Å². The van der Waals surface area contributed by atoms with Crippen molar-refractivity contribution < 1.29 is 0 Å². The molecule has 0 aliphatic rings. The molecule has 3 nitrogen and oxygen atoms in total. The molecule has 3 aromatic rings. The number of rotatable bonds is 3. The van der Waals surface area contributed by atoms with Gasteiger partial charge < -0.3 is 10.3 Å². The molecule has 1 aromatic heterocycles. The van der Waals surface area contributed by atoms with E-state index in [9.17, 15) is 0 Å². The van der Waals surface area contributed by atoms with Gasteiger partial charge in [-0.3, -0.25) is 0 Å². The highest BCUT2D eigenvalue weighted by Gasteiger charge is 2.13. The van der Waals surface area contributed by atoms with E-state index in [0.29, 0.717) is 11.6 Å². The number of halogens is 1. The first kappa shape index (κ1) is 12.2. The first-order chi connectivity index (χ1) is 9.31. The summed E-state index contributed by atoms with van der Waals surface area (Å²) in [5, 5.41) is 0.705. The summed E-state index contributed by atoms with van der Waals surface area (Å²) in [5.41, 5.74) is 8.70. The molecule has 0 spiro atoms. The second-order valence-electron chi connectivity index (χ2n) is 4.34. The van der Waals surface area contributed by atoms with E-state index in [2.05, 4.69) is 15.6 Å². The number of para-hydroxylation sites is 2. The Morgan fingerprint density at radius 3 is 2.58 bits per heavy atom. The Morgan fingerprint density at radius 2 is 1.79 bits per heavy atom. The summed E-state index contributed by atoms with van der Waals surface area (Å²) in [5.74, 6) is 0.872. The standard InChI is InChI=1S/C15H14ClN3/c16-12-6-2-1-5-11(12)15-18-13-7-3-4-8-14(13)19(15)10-9-17/h1-8H,9-10,17H2. The normalized spacial score (nSPS) is 11.1. The van der Waals surface area contributed by atoms with Crippen molar-refractivity contribution in [2.45, 2.75) is 6.54 Å². The van der Waals surface area contributed by atoms with Crippen molar-refractivity contribution in [1.29, 1.82) is 0 Å². The highest BCUT2D eigenvalue weighted by Crippen LogP contribution is 2.29. The zero-order valence-corrected chi connectivity index (χ0v) is 11.1. The van der Waals surface area contributed by atoms with Gasteiger partial charge in [0.15, 0.2) is 0 Å². The summed E-state index contributed by atoms with van der Waals surface area (Å²) in [7, 11) is 0. The van der Waals surface area contributed by atoms with Crippen LogP contribution in [-0.2, 0) is 6.54 Å². The maximum Gasteiger partial charge on any atom is 0.142 e. The summed E-state index contributed by atoms with van der Waals surface area (Å²) in [6.45, 7) is 1.29. The molecule has 19 heavy (non-hydrogen) atoms. The Labute approximate surface area is 116 Å². The molecule has 3 rings (SSSR count). The van der Waals surface area contributed by atoms with E-state index < -0.39 is 0 Å². The number of fused-ring (bicyclic) bond motifs is 1. The Hall–Kier alpha value is -1.84. The largest absolute Gasteiger partial charge is 0.329 e. The first-order valence-electron chi connectivity index (χ1n) is 6.21. The van der Waals surface area contributed by atoms with Crippen molar-refractivity contribution in [3.8, 4) is 11.4 Å². The summed E-state index contributed by atoms with van der Waals surface area (Å²) < 4.78 is 2.12. The number of aromatic nitrogens is 2.